The highest BCUT2D eigenvalue weighted by molar-refractivity contribution is 9.10. The van der Waals surface area contributed by atoms with Crippen LogP contribution in [-0.2, 0) is 6.54 Å². The van der Waals surface area contributed by atoms with Crippen LogP contribution >= 0.6 is 27.5 Å². The van der Waals surface area contributed by atoms with Gasteiger partial charge in [0.15, 0.2) is 0 Å². The Morgan fingerprint density at radius 3 is 2.79 bits per heavy atom. The van der Waals surface area contributed by atoms with Gasteiger partial charge in [-0.1, -0.05) is 29.8 Å². The van der Waals surface area contributed by atoms with Crippen LogP contribution in [0.15, 0.2) is 40.9 Å². The van der Waals surface area contributed by atoms with Gasteiger partial charge in [-0.3, -0.25) is 0 Å². The van der Waals surface area contributed by atoms with E-state index in [1.165, 1.54) is 5.56 Å². The highest BCUT2D eigenvalue weighted by Crippen LogP contribution is 2.27. The third-order valence-corrected chi connectivity index (χ3v) is 4.25. The maximum Gasteiger partial charge on any atom is 0.0992 e. The van der Waals surface area contributed by atoms with Crippen LogP contribution in [-0.4, -0.2) is 0 Å². The molecule has 0 aromatic heterocycles. The van der Waals surface area contributed by atoms with Crippen molar-refractivity contribution >= 4 is 33.2 Å². The number of aryl methyl sites for hydroxylation is 1. The second-order valence-corrected chi connectivity index (χ2v) is 5.41. The first-order valence-corrected chi connectivity index (χ1v) is 6.96. The van der Waals surface area contributed by atoms with Crippen molar-refractivity contribution in [3.05, 3.63) is 62.6 Å². The molecule has 0 amide bonds. The standard InChI is InChI=1S/C15H12BrClN2/c1-10-3-2-4-14(15(10)16)19-9-12-6-5-11(8-18)7-13(12)17/h2-7,19H,9H2,1H3. The van der Waals surface area contributed by atoms with E-state index >= 15 is 0 Å². The number of benzene rings is 2. The van der Waals surface area contributed by atoms with Gasteiger partial charge in [-0.05, 0) is 52.2 Å². The Hall–Kier alpha value is -1.50. The van der Waals surface area contributed by atoms with Gasteiger partial charge in [0.25, 0.3) is 0 Å². The number of nitrogens with zero attached hydrogens (tertiary/aromatic N) is 1. The van der Waals surface area contributed by atoms with E-state index in [1.54, 1.807) is 12.1 Å². The van der Waals surface area contributed by atoms with Crippen LogP contribution < -0.4 is 5.32 Å². The summed E-state index contributed by atoms with van der Waals surface area (Å²) in [7, 11) is 0. The second-order valence-electron chi connectivity index (χ2n) is 4.21. The quantitative estimate of drug-likeness (QED) is 0.866. The van der Waals surface area contributed by atoms with E-state index in [2.05, 4.69) is 27.3 Å². The molecule has 2 aromatic carbocycles. The molecule has 2 rings (SSSR count). The second kappa shape index (κ2) is 6.10. The summed E-state index contributed by atoms with van der Waals surface area (Å²) < 4.78 is 1.06. The van der Waals surface area contributed by atoms with Gasteiger partial charge in [0.2, 0.25) is 0 Å². The Kier molecular flexibility index (Phi) is 4.47. The minimum Gasteiger partial charge on any atom is -0.380 e. The molecule has 0 spiro atoms. The monoisotopic (exact) mass is 334 g/mol. The number of nitriles is 1. The molecule has 0 atom stereocenters. The number of hydrogen-bond donors (Lipinski definition) is 1. The molecular weight excluding hydrogens is 324 g/mol. The van der Waals surface area contributed by atoms with Crippen LogP contribution in [0.2, 0.25) is 5.02 Å². The molecule has 0 bridgehead atoms. The van der Waals surface area contributed by atoms with Crippen molar-refractivity contribution in [3.63, 3.8) is 0 Å². The fraction of sp³-hybridized carbons (Fsp3) is 0.133. The summed E-state index contributed by atoms with van der Waals surface area (Å²) >= 11 is 9.70. The molecule has 0 saturated heterocycles. The lowest BCUT2D eigenvalue weighted by Crippen LogP contribution is -2.01. The Morgan fingerprint density at radius 2 is 2.11 bits per heavy atom. The molecule has 2 nitrogen and oxygen atoms in total. The van der Waals surface area contributed by atoms with Crippen LogP contribution in [0, 0.1) is 18.3 Å². The highest BCUT2D eigenvalue weighted by Gasteiger charge is 2.05. The Labute approximate surface area is 126 Å². The van der Waals surface area contributed by atoms with Crippen LogP contribution in [0.3, 0.4) is 0 Å². The Bertz CT molecular complexity index is 647. The number of hydrogen-bond acceptors (Lipinski definition) is 2. The summed E-state index contributed by atoms with van der Waals surface area (Å²) in [5.41, 5.74) is 3.75. The van der Waals surface area contributed by atoms with E-state index in [0.717, 1.165) is 15.7 Å². The van der Waals surface area contributed by atoms with E-state index in [-0.39, 0.29) is 0 Å². The SMILES string of the molecule is Cc1cccc(NCc2ccc(C#N)cc2Cl)c1Br. The molecule has 19 heavy (non-hydrogen) atoms. The zero-order valence-electron chi connectivity index (χ0n) is 10.4. The van der Waals surface area contributed by atoms with Crippen LogP contribution in [0.25, 0.3) is 0 Å². The van der Waals surface area contributed by atoms with E-state index in [0.29, 0.717) is 17.1 Å². The largest absolute Gasteiger partial charge is 0.380 e. The molecule has 0 aliphatic heterocycles. The third kappa shape index (κ3) is 3.28. The summed E-state index contributed by atoms with van der Waals surface area (Å²) in [5.74, 6) is 0. The number of nitrogens with one attached hydrogen (secondary N) is 1. The van der Waals surface area contributed by atoms with Gasteiger partial charge in [-0.15, -0.1) is 0 Å². The maximum atomic E-state index is 8.80. The molecule has 2 aromatic rings. The Morgan fingerprint density at radius 1 is 1.32 bits per heavy atom. The van der Waals surface area contributed by atoms with Gasteiger partial charge in [0, 0.05) is 21.7 Å². The fourth-order valence-electron chi connectivity index (χ4n) is 1.73. The van der Waals surface area contributed by atoms with Gasteiger partial charge in [-0.2, -0.15) is 5.26 Å². The van der Waals surface area contributed by atoms with Gasteiger partial charge in [-0.25, -0.2) is 0 Å². The lowest BCUT2D eigenvalue weighted by atomic mass is 10.1. The molecular formula is C15H12BrClN2. The highest BCUT2D eigenvalue weighted by atomic mass is 79.9. The average Bonchev–Trinajstić information content (AvgIpc) is 2.41. The van der Waals surface area contributed by atoms with E-state index < -0.39 is 0 Å². The fourth-order valence-corrected chi connectivity index (χ4v) is 2.39. The number of anilines is 1. The maximum absolute atomic E-state index is 8.80. The smallest absolute Gasteiger partial charge is 0.0992 e. The average molecular weight is 336 g/mol. The first-order chi connectivity index (χ1) is 9.11. The van der Waals surface area contributed by atoms with Gasteiger partial charge < -0.3 is 5.32 Å². The third-order valence-electron chi connectivity index (χ3n) is 2.84. The van der Waals surface area contributed by atoms with Crippen molar-refractivity contribution in [3.8, 4) is 6.07 Å². The minimum atomic E-state index is 0.575. The van der Waals surface area contributed by atoms with Gasteiger partial charge >= 0.3 is 0 Å². The number of rotatable bonds is 3. The molecule has 0 unspecified atom stereocenters. The molecule has 1 N–H and O–H groups in total. The van der Waals surface area contributed by atoms with Crippen molar-refractivity contribution in [1.29, 1.82) is 5.26 Å². The number of halogens is 2. The van der Waals surface area contributed by atoms with Crippen molar-refractivity contribution in [2.75, 3.05) is 5.32 Å². The molecule has 0 fully saturated rings. The topological polar surface area (TPSA) is 35.8 Å². The summed E-state index contributed by atoms with van der Waals surface area (Å²) in [5, 5.41) is 12.7. The first-order valence-electron chi connectivity index (χ1n) is 5.79. The van der Waals surface area contributed by atoms with Crippen molar-refractivity contribution in [2.45, 2.75) is 13.5 Å². The lowest BCUT2D eigenvalue weighted by molar-refractivity contribution is 1.14. The van der Waals surface area contributed by atoms with Crippen molar-refractivity contribution in [1.82, 2.24) is 0 Å². The summed E-state index contributed by atoms with van der Waals surface area (Å²) in [6.45, 7) is 2.66. The predicted molar refractivity (Wildman–Crippen MR) is 82.4 cm³/mol. The predicted octanol–water partition coefficient (Wildman–Crippen LogP) is 4.89. The Balaban J connectivity index is 2.15. The first kappa shape index (κ1) is 13.9. The zero-order chi connectivity index (χ0) is 13.8. The molecule has 0 aliphatic rings. The van der Waals surface area contributed by atoms with Gasteiger partial charge in [0.05, 0.1) is 11.6 Å². The summed E-state index contributed by atoms with van der Waals surface area (Å²) in [6, 6.07) is 13.5. The lowest BCUT2D eigenvalue weighted by Gasteiger charge is -2.11. The van der Waals surface area contributed by atoms with Crippen LogP contribution in [0.4, 0.5) is 5.69 Å². The van der Waals surface area contributed by atoms with Gasteiger partial charge in [0.1, 0.15) is 0 Å². The van der Waals surface area contributed by atoms with Crippen molar-refractivity contribution < 1.29 is 0 Å². The molecule has 4 heteroatoms. The van der Waals surface area contributed by atoms with Crippen molar-refractivity contribution in [2.24, 2.45) is 0 Å². The summed E-state index contributed by atoms with van der Waals surface area (Å²) in [4.78, 5) is 0. The molecule has 0 heterocycles. The zero-order valence-corrected chi connectivity index (χ0v) is 12.7. The van der Waals surface area contributed by atoms with E-state index in [4.69, 9.17) is 16.9 Å². The molecule has 0 saturated carbocycles. The van der Waals surface area contributed by atoms with E-state index in [9.17, 15) is 0 Å². The normalized spacial score (nSPS) is 10.0. The molecule has 96 valence electrons. The van der Waals surface area contributed by atoms with E-state index in [1.807, 2.05) is 31.2 Å². The van der Waals surface area contributed by atoms with Crippen LogP contribution in [0.5, 0.6) is 0 Å². The minimum absolute atomic E-state index is 0.575. The molecule has 0 aliphatic carbocycles. The summed E-state index contributed by atoms with van der Waals surface area (Å²) in [6.07, 6.45) is 0. The molecule has 0 radical (unpaired) electrons. The van der Waals surface area contributed by atoms with Crippen LogP contribution in [0.1, 0.15) is 16.7 Å².